The Bertz CT molecular complexity index is 722. The molecule has 1 aromatic rings. The Morgan fingerprint density at radius 1 is 1.24 bits per heavy atom. The lowest BCUT2D eigenvalue weighted by Gasteiger charge is -2.44. The molecule has 0 spiro atoms. The molecule has 138 valence electrons. The normalized spacial score (nSPS) is 22.6. The number of likely N-dealkylation sites (tertiary alicyclic amines) is 1. The Kier molecular flexibility index (Phi) is 5.21. The van der Waals surface area contributed by atoms with Crippen molar-refractivity contribution in [1.82, 2.24) is 4.90 Å². The topological polar surface area (TPSA) is 63.7 Å². The van der Waals surface area contributed by atoms with Gasteiger partial charge in [-0.15, -0.1) is 0 Å². The third-order valence-corrected chi connectivity index (χ3v) is 6.73. The van der Waals surface area contributed by atoms with Crippen LogP contribution >= 0.6 is 0 Å². The maximum absolute atomic E-state index is 13.4. The van der Waals surface area contributed by atoms with E-state index in [1.165, 1.54) is 6.26 Å². The molecule has 1 aliphatic heterocycles. The minimum atomic E-state index is -3.22. The van der Waals surface area contributed by atoms with Crippen LogP contribution in [0.15, 0.2) is 29.2 Å². The summed E-state index contributed by atoms with van der Waals surface area (Å²) in [5.74, 6) is 0.188. The average molecular weight is 365 g/mol. The molecule has 2 fully saturated rings. The fraction of sp³-hybridized carbons (Fsp3) is 0.632. The molecule has 2 aliphatic rings. The van der Waals surface area contributed by atoms with E-state index >= 15 is 0 Å². The van der Waals surface area contributed by atoms with Gasteiger partial charge in [0.15, 0.2) is 9.84 Å². The predicted molar refractivity (Wildman–Crippen MR) is 96.3 cm³/mol. The van der Waals surface area contributed by atoms with E-state index in [4.69, 9.17) is 4.74 Å². The van der Waals surface area contributed by atoms with E-state index in [9.17, 15) is 13.2 Å². The van der Waals surface area contributed by atoms with Crippen molar-refractivity contribution >= 4 is 15.7 Å². The fourth-order valence-corrected chi connectivity index (χ4v) is 4.61. The van der Waals surface area contributed by atoms with E-state index in [-0.39, 0.29) is 11.9 Å². The molecule has 25 heavy (non-hydrogen) atoms. The van der Waals surface area contributed by atoms with Crippen molar-refractivity contribution < 1.29 is 17.9 Å². The van der Waals surface area contributed by atoms with Gasteiger partial charge in [-0.05, 0) is 50.3 Å². The molecule has 0 N–H and O–H groups in total. The quantitative estimate of drug-likeness (QED) is 0.777. The molecule has 1 saturated heterocycles. The second kappa shape index (κ2) is 7.08. The zero-order valence-electron chi connectivity index (χ0n) is 15.0. The number of carbonyl (C=O) groups is 1. The molecule has 1 heterocycles. The molecular weight excluding hydrogens is 338 g/mol. The van der Waals surface area contributed by atoms with Crippen LogP contribution in [0.3, 0.4) is 0 Å². The summed E-state index contributed by atoms with van der Waals surface area (Å²) >= 11 is 0. The summed E-state index contributed by atoms with van der Waals surface area (Å²) in [6.07, 6.45) is 5.92. The van der Waals surface area contributed by atoms with Crippen molar-refractivity contribution in [2.45, 2.75) is 55.4 Å². The third kappa shape index (κ3) is 3.47. The molecule has 6 heteroatoms. The second-order valence-corrected chi connectivity index (χ2v) is 9.20. The van der Waals surface area contributed by atoms with E-state index in [2.05, 4.69) is 0 Å². The lowest BCUT2D eigenvalue weighted by Crippen LogP contribution is -2.53. The van der Waals surface area contributed by atoms with Crippen LogP contribution in [0.25, 0.3) is 0 Å². The number of benzene rings is 1. The van der Waals surface area contributed by atoms with Crippen molar-refractivity contribution in [3.05, 3.63) is 29.8 Å². The smallest absolute Gasteiger partial charge is 0.233 e. The first kappa shape index (κ1) is 18.4. The largest absolute Gasteiger partial charge is 0.380 e. The highest BCUT2D eigenvalue weighted by Crippen LogP contribution is 2.46. The molecule has 1 aromatic carbocycles. The van der Waals surface area contributed by atoms with Crippen LogP contribution < -0.4 is 0 Å². The number of amides is 1. The van der Waals surface area contributed by atoms with E-state index in [1.807, 2.05) is 24.0 Å². The molecule has 0 bridgehead atoms. The molecular formula is C19H27NO4S. The number of rotatable bonds is 6. The van der Waals surface area contributed by atoms with Gasteiger partial charge >= 0.3 is 0 Å². The first-order valence-electron chi connectivity index (χ1n) is 9.08. The summed E-state index contributed by atoms with van der Waals surface area (Å²) in [7, 11) is -3.22. The highest BCUT2D eigenvalue weighted by atomic mass is 32.2. The van der Waals surface area contributed by atoms with Gasteiger partial charge in [0.1, 0.15) is 0 Å². The molecule has 0 aromatic heterocycles. The Morgan fingerprint density at radius 2 is 1.92 bits per heavy atom. The van der Waals surface area contributed by atoms with E-state index in [0.717, 1.165) is 44.2 Å². The minimum Gasteiger partial charge on any atom is -0.380 e. The minimum absolute atomic E-state index is 0.167. The van der Waals surface area contributed by atoms with Crippen LogP contribution in [0.2, 0.25) is 0 Å². The fourth-order valence-electron chi connectivity index (χ4n) is 3.98. The lowest BCUT2D eigenvalue weighted by atomic mass is 9.63. The molecule has 0 unspecified atom stereocenters. The van der Waals surface area contributed by atoms with Gasteiger partial charge in [-0.1, -0.05) is 18.6 Å². The summed E-state index contributed by atoms with van der Waals surface area (Å²) in [6, 6.07) is 7.06. The van der Waals surface area contributed by atoms with Gasteiger partial charge in [0, 0.05) is 19.4 Å². The number of hydrogen-bond donors (Lipinski definition) is 0. The zero-order chi connectivity index (χ0) is 18.1. The van der Waals surface area contributed by atoms with Crippen molar-refractivity contribution in [3.63, 3.8) is 0 Å². The zero-order valence-corrected chi connectivity index (χ0v) is 15.8. The third-order valence-electron chi connectivity index (χ3n) is 5.60. The Labute approximate surface area is 150 Å². The number of carbonyl (C=O) groups excluding carboxylic acids is 1. The van der Waals surface area contributed by atoms with Crippen LogP contribution in [0.4, 0.5) is 0 Å². The Balaban J connectivity index is 1.84. The summed E-state index contributed by atoms with van der Waals surface area (Å²) in [6.45, 7) is 4.03. The summed E-state index contributed by atoms with van der Waals surface area (Å²) in [5, 5.41) is 0. The lowest BCUT2D eigenvalue weighted by molar-refractivity contribution is -0.142. The van der Waals surface area contributed by atoms with Gasteiger partial charge in [-0.2, -0.15) is 0 Å². The predicted octanol–water partition coefficient (Wildman–Crippen LogP) is 2.54. The molecule has 1 saturated carbocycles. The summed E-state index contributed by atoms with van der Waals surface area (Å²) in [5.41, 5.74) is 0.461. The molecule has 5 nitrogen and oxygen atoms in total. The van der Waals surface area contributed by atoms with Gasteiger partial charge in [-0.3, -0.25) is 4.79 Å². The van der Waals surface area contributed by atoms with Gasteiger partial charge in [0.2, 0.25) is 5.91 Å². The van der Waals surface area contributed by atoms with Gasteiger partial charge in [0.25, 0.3) is 0 Å². The van der Waals surface area contributed by atoms with Crippen LogP contribution in [0, 0.1) is 0 Å². The summed E-state index contributed by atoms with van der Waals surface area (Å²) < 4.78 is 28.9. The van der Waals surface area contributed by atoms with Crippen molar-refractivity contribution in [2.24, 2.45) is 0 Å². The maximum atomic E-state index is 13.4. The summed E-state index contributed by atoms with van der Waals surface area (Å²) in [4.78, 5) is 15.7. The highest BCUT2D eigenvalue weighted by molar-refractivity contribution is 7.90. The van der Waals surface area contributed by atoms with Crippen molar-refractivity contribution in [1.29, 1.82) is 0 Å². The van der Waals surface area contributed by atoms with Gasteiger partial charge < -0.3 is 9.64 Å². The van der Waals surface area contributed by atoms with E-state index in [1.54, 1.807) is 12.1 Å². The number of ether oxygens (including phenoxy) is 1. The van der Waals surface area contributed by atoms with Gasteiger partial charge in [-0.25, -0.2) is 8.42 Å². The Morgan fingerprint density at radius 3 is 2.44 bits per heavy atom. The number of nitrogens with zero attached hydrogens (tertiary/aromatic N) is 1. The van der Waals surface area contributed by atoms with Crippen LogP contribution in [-0.4, -0.2) is 51.3 Å². The average Bonchev–Trinajstić information content (AvgIpc) is 3.00. The molecule has 0 radical (unpaired) electrons. The number of hydrogen-bond acceptors (Lipinski definition) is 4. The molecule has 1 aliphatic carbocycles. The maximum Gasteiger partial charge on any atom is 0.233 e. The van der Waals surface area contributed by atoms with E-state index < -0.39 is 15.3 Å². The van der Waals surface area contributed by atoms with Crippen molar-refractivity contribution in [3.8, 4) is 0 Å². The standard InChI is InChI=1S/C19H27NO4S/c1-3-24-14-16-6-4-13-20(16)18(21)19(11-5-12-19)15-7-9-17(10-8-15)25(2,22)23/h7-10,16H,3-6,11-14H2,1-2H3/t16-/m0/s1. The Hall–Kier alpha value is -1.40. The van der Waals surface area contributed by atoms with Crippen LogP contribution in [-0.2, 0) is 24.8 Å². The first-order valence-corrected chi connectivity index (χ1v) is 11.0. The van der Waals surface area contributed by atoms with E-state index in [0.29, 0.717) is 18.1 Å². The first-order chi connectivity index (χ1) is 11.9. The SMILES string of the molecule is CCOC[C@@H]1CCCN1C(=O)C1(c2ccc(S(C)(=O)=O)cc2)CCC1. The molecule has 1 atom stereocenters. The molecule has 1 amide bonds. The highest BCUT2D eigenvalue weighted by Gasteiger charge is 2.49. The van der Waals surface area contributed by atoms with Crippen LogP contribution in [0.1, 0.15) is 44.6 Å². The molecule has 3 rings (SSSR count). The second-order valence-electron chi connectivity index (χ2n) is 7.19. The van der Waals surface area contributed by atoms with Gasteiger partial charge in [0.05, 0.1) is 23.0 Å². The monoisotopic (exact) mass is 365 g/mol. The van der Waals surface area contributed by atoms with Crippen molar-refractivity contribution in [2.75, 3.05) is 26.0 Å². The van der Waals surface area contributed by atoms with Crippen LogP contribution in [0.5, 0.6) is 0 Å². The number of sulfone groups is 1.